The van der Waals surface area contributed by atoms with Crippen molar-refractivity contribution in [1.82, 2.24) is 15.1 Å². The molecule has 0 aliphatic heterocycles. The Labute approximate surface area is 112 Å². The number of ether oxygens (including phenoxy) is 1. The van der Waals surface area contributed by atoms with Crippen molar-refractivity contribution in [3.8, 4) is 11.4 Å². The van der Waals surface area contributed by atoms with Crippen molar-refractivity contribution in [2.45, 2.75) is 39.5 Å². The Kier molecular flexibility index (Phi) is 4.24. The highest BCUT2D eigenvalue weighted by Crippen LogP contribution is 2.18. The van der Waals surface area contributed by atoms with Crippen LogP contribution in [0.15, 0.2) is 22.9 Å². The molecular weight excluding hydrogens is 244 g/mol. The lowest BCUT2D eigenvalue weighted by atomic mass is 10.2. The summed E-state index contributed by atoms with van der Waals surface area (Å²) in [5, 5.41) is 3.91. The molecule has 102 valence electrons. The topological polar surface area (TPSA) is 87.1 Å². The van der Waals surface area contributed by atoms with Crippen LogP contribution in [0, 0.1) is 0 Å². The molecule has 2 N–H and O–H groups in total. The van der Waals surface area contributed by atoms with E-state index in [1.807, 2.05) is 26.0 Å². The number of nitrogens with zero attached hydrogens (tertiary/aromatic N) is 3. The first-order valence-corrected chi connectivity index (χ1v) is 6.22. The molecule has 2 aromatic rings. The highest BCUT2D eigenvalue weighted by molar-refractivity contribution is 5.53. The van der Waals surface area contributed by atoms with Gasteiger partial charge < -0.3 is 15.0 Å². The maximum atomic E-state index is 5.69. The quantitative estimate of drug-likeness (QED) is 0.887. The number of aromatic nitrogens is 3. The van der Waals surface area contributed by atoms with Gasteiger partial charge in [0, 0.05) is 11.8 Å². The molecule has 0 saturated carbocycles. The van der Waals surface area contributed by atoms with Gasteiger partial charge in [-0.25, -0.2) is 0 Å². The van der Waals surface area contributed by atoms with E-state index in [0.717, 1.165) is 11.3 Å². The van der Waals surface area contributed by atoms with Gasteiger partial charge in [-0.05, 0) is 32.9 Å². The van der Waals surface area contributed by atoms with Gasteiger partial charge in [-0.1, -0.05) is 5.16 Å². The number of hydrogen-bond donors (Lipinski definition) is 1. The smallest absolute Gasteiger partial charge is 0.243 e. The van der Waals surface area contributed by atoms with Crippen molar-refractivity contribution in [2.24, 2.45) is 5.73 Å². The number of hydrogen-bond acceptors (Lipinski definition) is 6. The van der Waals surface area contributed by atoms with Crippen LogP contribution in [-0.2, 0) is 11.3 Å². The molecule has 0 saturated heterocycles. The zero-order chi connectivity index (χ0) is 13.8. The van der Waals surface area contributed by atoms with Crippen LogP contribution in [0.5, 0.6) is 0 Å². The summed E-state index contributed by atoms with van der Waals surface area (Å²) in [6.07, 6.45) is 1.87. The minimum absolute atomic E-state index is 0.167. The minimum atomic E-state index is -0.271. The second-order valence-electron chi connectivity index (χ2n) is 4.64. The summed E-state index contributed by atoms with van der Waals surface area (Å²) < 4.78 is 10.6. The Morgan fingerprint density at radius 2 is 2.16 bits per heavy atom. The molecule has 19 heavy (non-hydrogen) atoms. The van der Waals surface area contributed by atoms with E-state index in [2.05, 4.69) is 15.1 Å². The number of pyridine rings is 1. The highest BCUT2D eigenvalue weighted by Gasteiger charge is 2.12. The molecule has 0 fully saturated rings. The molecule has 0 aliphatic carbocycles. The Bertz CT molecular complexity index is 537. The van der Waals surface area contributed by atoms with Crippen molar-refractivity contribution in [1.29, 1.82) is 0 Å². The lowest BCUT2D eigenvalue weighted by Gasteiger charge is -2.06. The van der Waals surface area contributed by atoms with Crippen LogP contribution in [0.25, 0.3) is 11.4 Å². The highest BCUT2D eigenvalue weighted by atomic mass is 16.5. The van der Waals surface area contributed by atoms with Gasteiger partial charge in [0.25, 0.3) is 0 Å². The molecule has 0 aromatic carbocycles. The molecule has 2 rings (SSSR count). The molecule has 2 heterocycles. The predicted octanol–water partition coefficient (Wildman–Crippen LogP) is 2.08. The molecule has 0 radical (unpaired) electrons. The van der Waals surface area contributed by atoms with Crippen LogP contribution >= 0.6 is 0 Å². The third-order valence-electron chi connectivity index (χ3n) is 2.47. The van der Waals surface area contributed by atoms with Gasteiger partial charge in [0.05, 0.1) is 24.4 Å². The third kappa shape index (κ3) is 3.59. The van der Waals surface area contributed by atoms with E-state index in [0.29, 0.717) is 18.3 Å². The fraction of sp³-hybridized carbons (Fsp3) is 0.462. The monoisotopic (exact) mass is 262 g/mol. The van der Waals surface area contributed by atoms with Gasteiger partial charge in [0.2, 0.25) is 11.7 Å². The molecule has 0 bridgehead atoms. The first-order chi connectivity index (χ1) is 9.06. The first-order valence-electron chi connectivity index (χ1n) is 6.22. The van der Waals surface area contributed by atoms with Crippen LogP contribution in [0.2, 0.25) is 0 Å². The largest absolute Gasteiger partial charge is 0.373 e. The van der Waals surface area contributed by atoms with Crippen molar-refractivity contribution < 1.29 is 9.26 Å². The summed E-state index contributed by atoms with van der Waals surface area (Å²) in [4.78, 5) is 8.49. The van der Waals surface area contributed by atoms with E-state index >= 15 is 0 Å². The average Bonchev–Trinajstić information content (AvgIpc) is 2.86. The second-order valence-corrected chi connectivity index (χ2v) is 4.64. The molecule has 0 aliphatic rings. The van der Waals surface area contributed by atoms with E-state index in [4.69, 9.17) is 15.0 Å². The molecule has 1 atom stereocenters. The molecule has 0 amide bonds. The molecule has 1 unspecified atom stereocenters. The molecule has 6 heteroatoms. The lowest BCUT2D eigenvalue weighted by Crippen LogP contribution is -2.05. The van der Waals surface area contributed by atoms with Crippen molar-refractivity contribution >= 4 is 0 Å². The SMILES string of the molecule is CC(C)OCc1cc(-c2noc(C(C)N)n2)ccn1. The van der Waals surface area contributed by atoms with Crippen molar-refractivity contribution in [2.75, 3.05) is 0 Å². The maximum Gasteiger partial charge on any atom is 0.243 e. The summed E-state index contributed by atoms with van der Waals surface area (Å²) >= 11 is 0. The first kappa shape index (κ1) is 13.6. The second kappa shape index (κ2) is 5.90. The van der Waals surface area contributed by atoms with E-state index in [-0.39, 0.29) is 12.1 Å². The van der Waals surface area contributed by atoms with Crippen LogP contribution in [-0.4, -0.2) is 21.2 Å². The maximum absolute atomic E-state index is 5.69. The Morgan fingerprint density at radius 1 is 1.37 bits per heavy atom. The fourth-order valence-electron chi connectivity index (χ4n) is 1.49. The van der Waals surface area contributed by atoms with Gasteiger partial charge in [-0.15, -0.1) is 0 Å². The zero-order valence-corrected chi connectivity index (χ0v) is 11.3. The molecule has 0 spiro atoms. The van der Waals surface area contributed by atoms with Gasteiger partial charge in [0.1, 0.15) is 0 Å². The summed E-state index contributed by atoms with van der Waals surface area (Å²) in [6.45, 7) is 6.23. The van der Waals surface area contributed by atoms with E-state index < -0.39 is 0 Å². The van der Waals surface area contributed by atoms with Crippen LogP contribution in [0.3, 0.4) is 0 Å². The Morgan fingerprint density at radius 3 is 2.79 bits per heavy atom. The minimum Gasteiger partial charge on any atom is -0.373 e. The van der Waals surface area contributed by atoms with Crippen LogP contribution in [0.4, 0.5) is 0 Å². The van der Waals surface area contributed by atoms with Crippen molar-refractivity contribution in [3.63, 3.8) is 0 Å². The summed E-state index contributed by atoms with van der Waals surface area (Å²) in [5.41, 5.74) is 7.36. The average molecular weight is 262 g/mol. The summed E-state index contributed by atoms with van der Waals surface area (Å²) in [5.74, 6) is 0.937. The van der Waals surface area contributed by atoms with E-state index in [1.165, 1.54) is 0 Å². The predicted molar refractivity (Wildman–Crippen MR) is 70.1 cm³/mol. The molecule has 6 nitrogen and oxygen atoms in total. The van der Waals surface area contributed by atoms with Gasteiger partial charge >= 0.3 is 0 Å². The van der Waals surface area contributed by atoms with Gasteiger partial charge in [-0.3, -0.25) is 4.98 Å². The Balaban J connectivity index is 2.17. The molecular formula is C13H18N4O2. The lowest BCUT2D eigenvalue weighted by molar-refractivity contribution is 0.0636. The van der Waals surface area contributed by atoms with E-state index in [9.17, 15) is 0 Å². The van der Waals surface area contributed by atoms with Gasteiger partial charge in [0.15, 0.2) is 0 Å². The zero-order valence-electron chi connectivity index (χ0n) is 11.3. The summed E-state index contributed by atoms with van der Waals surface area (Å²) in [7, 11) is 0. The van der Waals surface area contributed by atoms with E-state index in [1.54, 1.807) is 13.1 Å². The third-order valence-corrected chi connectivity index (χ3v) is 2.47. The molecule has 2 aromatic heterocycles. The number of rotatable bonds is 5. The summed E-state index contributed by atoms with van der Waals surface area (Å²) in [6, 6.07) is 3.44. The van der Waals surface area contributed by atoms with Crippen molar-refractivity contribution in [3.05, 3.63) is 29.9 Å². The van der Waals surface area contributed by atoms with Gasteiger partial charge in [-0.2, -0.15) is 4.98 Å². The number of nitrogens with two attached hydrogens (primary N) is 1. The van der Waals surface area contributed by atoms with Crippen LogP contribution in [0.1, 0.15) is 38.4 Å². The van der Waals surface area contributed by atoms with Crippen LogP contribution < -0.4 is 5.73 Å². The Hall–Kier alpha value is -1.79. The fourth-order valence-corrected chi connectivity index (χ4v) is 1.49. The standard InChI is InChI=1S/C13H18N4O2/c1-8(2)18-7-11-6-10(4-5-15-11)12-16-13(9(3)14)19-17-12/h4-6,8-9H,7,14H2,1-3H3. The normalized spacial score (nSPS) is 12.9.